The van der Waals surface area contributed by atoms with E-state index in [0.29, 0.717) is 12.8 Å². The molecule has 25 nitrogen and oxygen atoms in total. The molecule has 10 N–H and O–H groups in total. The van der Waals surface area contributed by atoms with E-state index < -0.39 is 160 Å². The summed E-state index contributed by atoms with van der Waals surface area (Å²) in [6.45, 7) is 2.25. The van der Waals surface area contributed by atoms with Gasteiger partial charge in [-0.2, -0.15) is 8.42 Å². The van der Waals surface area contributed by atoms with Gasteiger partial charge in [0.15, 0.2) is 25.0 Å². The zero-order valence-electron chi connectivity index (χ0n) is 51.1. The van der Waals surface area contributed by atoms with Crippen molar-refractivity contribution < 1.29 is 115 Å². The van der Waals surface area contributed by atoms with Crippen molar-refractivity contribution in [3.8, 4) is 0 Å². The Morgan fingerprint density at radius 3 is 1.42 bits per heavy atom. The predicted octanol–water partition coefficient (Wildman–Crippen LogP) is 5.56. The van der Waals surface area contributed by atoms with Crippen LogP contribution in [0, 0.1) is 0 Å². The van der Waals surface area contributed by atoms with Crippen LogP contribution in [0.15, 0.2) is 24.3 Å². The van der Waals surface area contributed by atoms with Gasteiger partial charge in [0.05, 0.1) is 25.9 Å². The van der Waals surface area contributed by atoms with Crippen molar-refractivity contribution in [3.63, 3.8) is 0 Å². The SMILES string of the molecule is CCCCCCCC/C=C\CCCCCCCC(=O)OCC(COC(=O)CCCCCCC/C=C\CCCCCCCC)OC(=O)NCCO[C@@H]1O[C@H](CO)[C@H](OC2O[C@H](CO)[C@H](O)[C@H](OS(=O)(=O)O)[C@H]2O)[C@H](O[C@@H]2O[C@@H](C)[C@@H](O)[C@@H](O)[C@@H]2O)[C@H]1O. The molecule has 502 valence electrons. The molecule has 3 heterocycles. The maximum atomic E-state index is 13.2. The fraction of sp³-hybridized carbons (Fsp3) is 0.883. The van der Waals surface area contributed by atoms with E-state index in [1.807, 2.05) is 0 Å². The molecule has 1 amide bonds. The van der Waals surface area contributed by atoms with Crippen molar-refractivity contribution in [1.29, 1.82) is 0 Å². The Bertz CT molecular complexity index is 1910. The van der Waals surface area contributed by atoms with E-state index in [1.165, 1.54) is 84.0 Å². The molecule has 0 saturated carbocycles. The minimum Gasteiger partial charge on any atom is -0.462 e. The fourth-order valence-corrected chi connectivity index (χ4v) is 10.7. The molecule has 0 radical (unpaired) electrons. The van der Waals surface area contributed by atoms with Crippen LogP contribution >= 0.6 is 0 Å². The summed E-state index contributed by atoms with van der Waals surface area (Å²) in [7, 11) is -5.34. The summed E-state index contributed by atoms with van der Waals surface area (Å²) >= 11 is 0. The lowest BCUT2D eigenvalue weighted by atomic mass is 9.96. The van der Waals surface area contributed by atoms with Gasteiger partial charge in [-0.05, 0) is 71.1 Å². The first-order chi connectivity index (χ1) is 41.3. The van der Waals surface area contributed by atoms with Crippen LogP contribution in [0.25, 0.3) is 0 Å². The van der Waals surface area contributed by atoms with Crippen molar-refractivity contribution in [2.24, 2.45) is 0 Å². The maximum Gasteiger partial charge on any atom is 0.407 e. The number of alkyl carbamates (subject to hydrolysis) is 1. The van der Waals surface area contributed by atoms with Gasteiger partial charge >= 0.3 is 28.4 Å². The summed E-state index contributed by atoms with van der Waals surface area (Å²) in [5, 5.41) is 87.9. The third kappa shape index (κ3) is 31.2. The van der Waals surface area contributed by atoms with Crippen molar-refractivity contribution in [3.05, 3.63) is 24.3 Å². The molecule has 3 rings (SSSR count). The molecule has 3 aliphatic rings. The minimum absolute atomic E-state index is 0.143. The number of ether oxygens (including phenoxy) is 9. The fourth-order valence-electron chi connectivity index (χ4n) is 10.2. The van der Waals surface area contributed by atoms with Gasteiger partial charge in [-0.25, -0.2) is 8.98 Å². The van der Waals surface area contributed by atoms with Crippen LogP contribution in [0.5, 0.6) is 0 Å². The van der Waals surface area contributed by atoms with E-state index in [9.17, 15) is 68.2 Å². The first kappa shape index (κ1) is 77.2. The van der Waals surface area contributed by atoms with Gasteiger partial charge in [0.1, 0.15) is 80.4 Å². The number of hydrogen-bond donors (Lipinski definition) is 10. The number of carbonyl (C=O) groups is 3. The molecule has 15 atom stereocenters. The van der Waals surface area contributed by atoms with E-state index in [1.54, 1.807) is 0 Å². The number of carbonyl (C=O) groups excluding carboxylic acids is 3. The van der Waals surface area contributed by atoms with Crippen LogP contribution in [-0.2, 0) is 66.8 Å². The number of hydrogen-bond acceptors (Lipinski definition) is 23. The largest absolute Gasteiger partial charge is 0.462 e. The molecule has 86 heavy (non-hydrogen) atoms. The van der Waals surface area contributed by atoms with Crippen LogP contribution < -0.4 is 5.32 Å². The molecule has 3 aliphatic heterocycles. The highest BCUT2D eigenvalue weighted by atomic mass is 32.3. The second kappa shape index (κ2) is 45.3. The van der Waals surface area contributed by atoms with E-state index >= 15 is 0 Å². The summed E-state index contributed by atoms with van der Waals surface area (Å²) in [4.78, 5) is 38.9. The zero-order valence-corrected chi connectivity index (χ0v) is 52.0. The summed E-state index contributed by atoms with van der Waals surface area (Å²) < 4.78 is 88.0. The first-order valence-electron chi connectivity index (χ1n) is 31.8. The standard InChI is InChI=1S/C60H107NO24S/c1-4-6-8-10-12-14-16-18-20-22-24-26-28-30-32-34-46(64)77-40-43(41-78-47(65)35-33-31-29-27-25-23-21-19-17-15-13-11-9-7-5-2)80-60(72)61-36-37-76-57-53(71)56(84-58-51(69)50(68)48(66)42(3)79-58)54(45(39-63)82-57)83-59-52(70)55(85-86(73,74)75)49(67)44(38-62)81-59/h18-21,42-45,48-59,62-63,66-71H,4-17,22-41H2,1-3H3,(H,61,72)(H,73,74,75)/b20-18-,21-19-/t42-,44+,45+,48+,49-,50+,51-,52+,53+,54-,55-,56+,57+,58-,59?/m0/s1. The normalized spacial score (nSPS) is 28.1. The minimum atomic E-state index is -5.34. The molecular formula is C60H107NO24S. The maximum absolute atomic E-state index is 13.2. The number of unbranched alkanes of at least 4 members (excludes halogenated alkanes) is 22. The topological polar surface area (TPSA) is 372 Å². The van der Waals surface area contributed by atoms with Crippen LogP contribution in [0.4, 0.5) is 4.79 Å². The third-order valence-electron chi connectivity index (χ3n) is 15.3. The molecule has 0 aromatic carbocycles. The van der Waals surface area contributed by atoms with Gasteiger partial charge in [0, 0.05) is 19.4 Å². The van der Waals surface area contributed by atoms with Crippen LogP contribution in [0.1, 0.15) is 201 Å². The molecule has 0 bridgehead atoms. The number of aliphatic hydroxyl groups excluding tert-OH is 8. The lowest BCUT2D eigenvalue weighted by Crippen LogP contribution is -2.67. The smallest absolute Gasteiger partial charge is 0.407 e. The number of aliphatic hydroxyl groups is 8. The Morgan fingerprint density at radius 2 is 0.942 bits per heavy atom. The Hall–Kier alpha value is -3.00. The van der Waals surface area contributed by atoms with Gasteiger partial charge in [-0.3, -0.25) is 14.1 Å². The molecule has 3 saturated heterocycles. The lowest BCUT2D eigenvalue weighted by molar-refractivity contribution is -0.385. The predicted molar refractivity (Wildman–Crippen MR) is 313 cm³/mol. The summed E-state index contributed by atoms with van der Waals surface area (Å²) in [6, 6.07) is 0. The number of rotatable bonds is 47. The van der Waals surface area contributed by atoms with Crippen LogP contribution in [-0.4, -0.2) is 210 Å². The highest BCUT2D eigenvalue weighted by molar-refractivity contribution is 7.80. The Kier molecular flexibility index (Phi) is 40.7. The van der Waals surface area contributed by atoms with Crippen molar-refractivity contribution in [2.45, 2.75) is 299 Å². The summed E-state index contributed by atoms with van der Waals surface area (Å²) in [5.41, 5.74) is 0. The van der Waals surface area contributed by atoms with Gasteiger partial charge in [-0.15, -0.1) is 0 Å². The van der Waals surface area contributed by atoms with E-state index in [0.717, 1.165) is 77.0 Å². The van der Waals surface area contributed by atoms with Crippen molar-refractivity contribution in [1.82, 2.24) is 5.32 Å². The molecule has 26 heteroatoms. The highest BCUT2D eigenvalue weighted by Gasteiger charge is 2.55. The molecule has 0 aliphatic carbocycles. The second-order valence-electron chi connectivity index (χ2n) is 22.7. The second-order valence-corrected chi connectivity index (χ2v) is 23.7. The van der Waals surface area contributed by atoms with Gasteiger partial charge in [0.2, 0.25) is 0 Å². The molecular weight excluding hydrogens is 1150 g/mol. The van der Waals surface area contributed by atoms with E-state index in [4.69, 9.17) is 42.6 Å². The quantitative estimate of drug-likeness (QED) is 0.0117. The van der Waals surface area contributed by atoms with Crippen molar-refractivity contribution >= 4 is 28.4 Å². The first-order valence-corrected chi connectivity index (χ1v) is 33.1. The number of nitrogens with one attached hydrogen (secondary N) is 1. The van der Waals surface area contributed by atoms with E-state index in [-0.39, 0.29) is 19.4 Å². The van der Waals surface area contributed by atoms with E-state index in [2.05, 4.69) is 47.7 Å². The number of esters is 2. The summed E-state index contributed by atoms with van der Waals surface area (Å²) in [6.07, 6.45) is 8.11. The third-order valence-corrected chi connectivity index (χ3v) is 15.8. The van der Waals surface area contributed by atoms with Crippen LogP contribution in [0.3, 0.4) is 0 Å². The summed E-state index contributed by atoms with van der Waals surface area (Å²) in [5.74, 6) is -1.02. The van der Waals surface area contributed by atoms with Crippen LogP contribution in [0.2, 0.25) is 0 Å². The molecule has 0 aromatic rings. The van der Waals surface area contributed by atoms with Gasteiger partial charge < -0.3 is 88.8 Å². The monoisotopic (exact) mass is 1260 g/mol. The zero-order chi connectivity index (χ0) is 63.1. The number of allylic oxidation sites excluding steroid dienone is 4. The highest BCUT2D eigenvalue weighted by Crippen LogP contribution is 2.34. The number of amides is 1. The molecule has 0 spiro atoms. The Morgan fingerprint density at radius 1 is 0.512 bits per heavy atom. The van der Waals surface area contributed by atoms with Crippen molar-refractivity contribution in [2.75, 3.05) is 39.6 Å². The lowest BCUT2D eigenvalue weighted by Gasteiger charge is -2.49. The average molecular weight is 1260 g/mol. The molecule has 1 unspecified atom stereocenters. The molecule has 0 aromatic heterocycles. The van der Waals surface area contributed by atoms with Gasteiger partial charge in [0.25, 0.3) is 0 Å². The van der Waals surface area contributed by atoms with Gasteiger partial charge in [-0.1, -0.05) is 141 Å². The average Bonchev–Trinajstić information content (AvgIpc) is 1.10. The Balaban J connectivity index is 1.57. The Labute approximate surface area is 509 Å². The molecule has 3 fully saturated rings.